The van der Waals surface area contributed by atoms with Crippen LogP contribution in [0.25, 0.3) is 11.1 Å². The molecule has 0 unspecified atom stereocenters. The number of fused-ring (bicyclic) bond motifs is 3. The molecule has 3 aromatic rings. The predicted octanol–water partition coefficient (Wildman–Crippen LogP) is 5.60. The van der Waals surface area contributed by atoms with Crippen LogP contribution in [0.5, 0.6) is 0 Å². The van der Waals surface area contributed by atoms with Gasteiger partial charge < -0.3 is 24.8 Å². The Labute approximate surface area is 307 Å². The molecular weight excluding hydrogens is 690 g/mol. The van der Waals surface area contributed by atoms with Gasteiger partial charge in [0.15, 0.2) is 0 Å². The Kier molecular flexibility index (Phi) is 15.1. The van der Waals surface area contributed by atoms with Crippen molar-refractivity contribution in [3.63, 3.8) is 0 Å². The maximum absolute atomic E-state index is 5.71. The van der Waals surface area contributed by atoms with Gasteiger partial charge in [-0.25, -0.2) is 12.2 Å². The number of hydrogen-bond acceptors (Lipinski definition) is 0. The molecule has 4 heteroatoms. The van der Waals surface area contributed by atoms with Gasteiger partial charge in [-0.2, -0.15) is 23.8 Å². The van der Waals surface area contributed by atoms with Crippen LogP contribution in [-0.4, -0.2) is 3.71 Å². The summed E-state index contributed by atoms with van der Waals surface area (Å²) in [5.74, 6) is 0. The second-order valence-corrected chi connectivity index (χ2v) is 17.0. The molecule has 0 saturated carbocycles. The Balaban J connectivity index is 0.000000520. The Morgan fingerprint density at radius 1 is 0.711 bits per heavy atom. The fraction of sp³-hybridized carbons (Fsp3) is 0.439. The van der Waals surface area contributed by atoms with E-state index < -0.39 is 0 Å². The number of benzene rings is 3. The van der Waals surface area contributed by atoms with Crippen LogP contribution in [0.4, 0.5) is 0 Å². The van der Waals surface area contributed by atoms with Gasteiger partial charge in [-0.1, -0.05) is 106 Å². The standard InChI is InChI=1S/C29H41.C7H5Cl.C5H5.2ClH.Zr/c1-26(2,3)22-14-18-13-19-15-23(27(4,5)6)25(29(10,11)12)17-21(19)20(18)16-24(22)28(7,8)9;1-6-3-2-4-7(8)5-6;1-2-4-5-3-1;;;/h14,16-17H,13H2,1-12H3;1-5H;1-3H,4H2;2*1H;/q-1;;-1;;;+2/p-2. The zero-order valence-corrected chi connectivity index (χ0v) is 34.1. The van der Waals surface area contributed by atoms with E-state index in [1.807, 2.05) is 36.4 Å². The first-order valence-corrected chi connectivity index (χ1v) is 17.3. The third-order valence-electron chi connectivity index (χ3n) is 7.84. The van der Waals surface area contributed by atoms with Gasteiger partial charge in [-0.3, -0.25) is 6.08 Å². The fourth-order valence-electron chi connectivity index (χ4n) is 5.56. The van der Waals surface area contributed by atoms with Crippen molar-refractivity contribution in [1.29, 1.82) is 0 Å². The average molecular weight is 741 g/mol. The molecular formula is C41H51Cl3Zr-2. The molecule has 0 radical (unpaired) electrons. The summed E-state index contributed by atoms with van der Waals surface area (Å²) < 4.78 is 2.11. The Hall–Kier alpha value is -1.24. The van der Waals surface area contributed by atoms with Gasteiger partial charge in [-0.05, 0) is 39.4 Å². The van der Waals surface area contributed by atoms with E-state index >= 15 is 0 Å². The summed E-state index contributed by atoms with van der Waals surface area (Å²) in [5, 5.41) is 0.811. The van der Waals surface area contributed by atoms with Gasteiger partial charge in [0.25, 0.3) is 0 Å². The van der Waals surface area contributed by atoms with Crippen molar-refractivity contribution >= 4 is 15.3 Å². The number of allylic oxidation sites excluding steroid dienone is 4. The molecule has 2 aliphatic rings. The van der Waals surface area contributed by atoms with Gasteiger partial charge in [-0.15, -0.1) is 23.1 Å². The van der Waals surface area contributed by atoms with Crippen molar-refractivity contribution < 1.29 is 49.0 Å². The van der Waals surface area contributed by atoms with Crippen molar-refractivity contribution in [2.75, 3.05) is 0 Å². The number of hydrogen-bond donors (Lipinski definition) is 0. The fourth-order valence-corrected chi connectivity index (χ4v) is 6.20. The van der Waals surface area contributed by atoms with E-state index in [0.29, 0.717) is 0 Å². The molecule has 0 spiro atoms. The van der Waals surface area contributed by atoms with Crippen molar-refractivity contribution in [3.05, 3.63) is 117 Å². The second kappa shape index (κ2) is 16.2. The molecule has 5 rings (SSSR count). The maximum Gasteiger partial charge on any atom is -0.109 e. The molecule has 0 aliphatic heterocycles. The summed E-state index contributed by atoms with van der Waals surface area (Å²) in [4.78, 5) is 0. The van der Waals surface area contributed by atoms with E-state index in [2.05, 4.69) is 123 Å². The molecule has 0 amide bonds. The smallest absolute Gasteiger partial charge is 0.109 e. The van der Waals surface area contributed by atoms with Crippen LogP contribution < -0.4 is 24.8 Å². The van der Waals surface area contributed by atoms with Crippen molar-refractivity contribution in [3.8, 4) is 11.1 Å². The minimum absolute atomic E-state index is 0. The van der Waals surface area contributed by atoms with Crippen LogP contribution in [0.1, 0.15) is 128 Å². The van der Waals surface area contributed by atoms with E-state index in [4.69, 9.17) is 11.6 Å². The van der Waals surface area contributed by atoms with Crippen LogP contribution >= 0.6 is 11.6 Å². The maximum atomic E-state index is 5.71. The van der Waals surface area contributed by atoms with E-state index in [9.17, 15) is 0 Å². The molecule has 45 heavy (non-hydrogen) atoms. The van der Waals surface area contributed by atoms with E-state index in [0.717, 1.165) is 17.9 Å². The SMILES string of the molecule is CC(C)(C)c1[c-]c2c(cc1C(C)(C)C)-c1cc(C(C)(C)C)c(C(C)(C)C)cc1C2.Clc1cccc([CH]=[Zr+2])c1.[C-]1=CC=CC1.[Cl-].[Cl-]. The largest absolute Gasteiger partial charge is 1.00 e. The van der Waals surface area contributed by atoms with Crippen LogP contribution in [0.3, 0.4) is 0 Å². The second-order valence-electron chi connectivity index (χ2n) is 15.9. The Bertz CT molecular complexity index is 1430. The predicted molar refractivity (Wildman–Crippen MR) is 187 cm³/mol. The molecule has 0 aromatic heterocycles. The molecule has 242 valence electrons. The van der Waals surface area contributed by atoms with Gasteiger partial charge in [0.1, 0.15) is 0 Å². The van der Waals surface area contributed by atoms with E-state index in [1.165, 1.54) is 74.3 Å². The van der Waals surface area contributed by atoms with E-state index in [1.54, 1.807) is 0 Å². The van der Waals surface area contributed by atoms with Crippen molar-refractivity contribution in [1.82, 2.24) is 0 Å². The minimum Gasteiger partial charge on any atom is -1.00 e. The Morgan fingerprint density at radius 2 is 1.27 bits per heavy atom. The number of halogens is 3. The quantitative estimate of drug-likeness (QED) is 0.223. The topological polar surface area (TPSA) is 0 Å². The third kappa shape index (κ3) is 11.2. The van der Waals surface area contributed by atoms with Gasteiger partial charge in [0.2, 0.25) is 0 Å². The van der Waals surface area contributed by atoms with Gasteiger partial charge in [0.05, 0.1) is 0 Å². The Morgan fingerprint density at radius 3 is 1.67 bits per heavy atom. The van der Waals surface area contributed by atoms with E-state index in [-0.39, 0.29) is 46.5 Å². The number of rotatable bonds is 1. The molecule has 0 bridgehead atoms. The first-order chi connectivity index (χ1) is 19.7. The zero-order valence-electron chi connectivity index (χ0n) is 29.4. The molecule has 0 atom stereocenters. The molecule has 3 aromatic carbocycles. The molecule has 0 fully saturated rings. The average Bonchev–Trinajstić information content (AvgIpc) is 3.57. The van der Waals surface area contributed by atoms with Crippen LogP contribution in [0.2, 0.25) is 5.02 Å². The van der Waals surface area contributed by atoms with Crippen molar-refractivity contribution in [2.45, 2.75) is 118 Å². The first-order valence-electron chi connectivity index (χ1n) is 15.5. The first kappa shape index (κ1) is 41.8. The third-order valence-corrected chi connectivity index (χ3v) is 8.89. The molecule has 0 saturated heterocycles. The summed E-state index contributed by atoms with van der Waals surface area (Å²) in [6.45, 7) is 28.0. The summed E-state index contributed by atoms with van der Waals surface area (Å²) >= 11 is 7.12. The van der Waals surface area contributed by atoms with Gasteiger partial charge >= 0.3 is 74.4 Å². The van der Waals surface area contributed by atoms with Crippen LogP contribution in [-0.2, 0) is 52.3 Å². The normalized spacial score (nSPS) is 13.3. The minimum atomic E-state index is 0. The molecule has 0 nitrogen and oxygen atoms in total. The van der Waals surface area contributed by atoms with Crippen LogP contribution in [0.15, 0.2) is 60.7 Å². The summed E-state index contributed by atoms with van der Waals surface area (Å²) in [6, 6.07) is 19.2. The molecule has 2 aliphatic carbocycles. The van der Waals surface area contributed by atoms with Gasteiger partial charge in [0, 0.05) is 0 Å². The zero-order chi connectivity index (χ0) is 32.4. The summed E-state index contributed by atoms with van der Waals surface area (Å²) in [5.41, 5.74) is 13.2. The summed E-state index contributed by atoms with van der Waals surface area (Å²) in [6.07, 6.45) is 11.0. The summed E-state index contributed by atoms with van der Waals surface area (Å²) in [7, 11) is 0. The van der Waals surface area contributed by atoms with Crippen LogP contribution in [0, 0.1) is 12.1 Å². The molecule has 0 N–H and O–H groups in total. The monoisotopic (exact) mass is 738 g/mol. The molecule has 0 heterocycles. The van der Waals surface area contributed by atoms with Crippen molar-refractivity contribution in [2.24, 2.45) is 0 Å².